The van der Waals surface area contributed by atoms with Crippen LogP contribution >= 0.6 is 0 Å². The van der Waals surface area contributed by atoms with Gasteiger partial charge in [0.05, 0.1) is 0 Å². The summed E-state index contributed by atoms with van der Waals surface area (Å²) in [5.74, 6) is 0. The van der Waals surface area contributed by atoms with Gasteiger partial charge in [-0.2, -0.15) is 0 Å². The average molecular weight is 96.1 g/mol. The summed E-state index contributed by atoms with van der Waals surface area (Å²) in [7, 11) is 0. The van der Waals surface area contributed by atoms with E-state index in [1.54, 1.807) is 12.4 Å². The molecule has 0 aromatic heterocycles. The Morgan fingerprint density at radius 1 is 1.43 bits per heavy atom. The first-order chi connectivity index (χ1) is 3.41. The molecule has 0 aromatic rings. The summed E-state index contributed by atoms with van der Waals surface area (Å²) in [4.78, 5) is 7.15. The van der Waals surface area contributed by atoms with E-state index in [-0.39, 0.29) is 0 Å². The van der Waals surface area contributed by atoms with E-state index in [0.29, 0.717) is 0 Å². The van der Waals surface area contributed by atoms with Gasteiger partial charge in [0.15, 0.2) is 0 Å². The molecule has 0 N–H and O–H groups in total. The van der Waals surface area contributed by atoms with Crippen molar-refractivity contribution in [3.05, 3.63) is 12.4 Å². The van der Waals surface area contributed by atoms with Gasteiger partial charge in [0.1, 0.15) is 0 Å². The first-order valence-corrected chi connectivity index (χ1v) is 2.00. The molecule has 0 aliphatic rings. The summed E-state index contributed by atoms with van der Waals surface area (Å²) in [6.07, 6.45) is 4.79. The summed E-state index contributed by atoms with van der Waals surface area (Å²) in [5.41, 5.74) is 0. The van der Waals surface area contributed by atoms with Crippen LogP contribution in [-0.2, 0) is 0 Å². The summed E-state index contributed by atoms with van der Waals surface area (Å²) >= 11 is 0. The lowest BCUT2D eigenvalue weighted by Gasteiger charge is -1.66. The van der Waals surface area contributed by atoms with Gasteiger partial charge >= 0.3 is 0 Å². The van der Waals surface area contributed by atoms with Gasteiger partial charge in [-0.05, 0) is 13.6 Å². The Bertz CT molecular complexity index is 92.3. The third kappa shape index (κ3) is 5.08. The molecule has 0 rings (SSSR count). The van der Waals surface area contributed by atoms with Gasteiger partial charge in [-0.1, -0.05) is 0 Å². The number of hydrogen-bond acceptors (Lipinski definition) is 2. The van der Waals surface area contributed by atoms with E-state index in [9.17, 15) is 0 Å². The molecular weight excluding hydrogens is 88.1 g/mol. The summed E-state index contributed by atoms with van der Waals surface area (Å²) in [6.45, 7) is 5.06. The van der Waals surface area contributed by atoms with Crippen LogP contribution in [0, 0.1) is 0 Å². The Morgan fingerprint density at radius 3 is 2.57 bits per heavy atom. The van der Waals surface area contributed by atoms with Gasteiger partial charge in [0.2, 0.25) is 0 Å². The molecule has 0 fully saturated rings. The van der Waals surface area contributed by atoms with Crippen LogP contribution in [0.4, 0.5) is 0 Å². The van der Waals surface area contributed by atoms with Crippen LogP contribution in [0.25, 0.3) is 0 Å². The van der Waals surface area contributed by atoms with E-state index in [2.05, 4.69) is 16.7 Å². The normalized spacial score (nSPS) is 11.0. The monoisotopic (exact) mass is 96.1 g/mol. The molecule has 0 aromatic carbocycles. The zero-order valence-corrected chi connectivity index (χ0v) is 4.33. The fraction of sp³-hybridized carbons (Fsp3) is 0.200. The van der Waals surface area contributed by atoms with Crippen molar-refractivity contribution >= 4 is 12.9 Å². The molecule has 7 heavy (non-hydrogen) atoms. The average Bonchev–Trinajstić information content (AvgIpc) is 1.69. The first kappa shape index (κ1) is 6.08. The topological polar surface area (TPSA) is 24.7 Å². The minimum Gasteiger partial charge on any atom is -0.271 e. The Kier molecular flexibility index (Phi) is 4.41. The maximum atomic E-state index is 3.72. The molecule has 0 amide bonds. The quantitative estimate of drug-likeness (QED) is 0.462. The van der Waals surface area contributed by atoms with Gasteiger partial charge in [-0.3, -0.25) is 9.98 Å². The predicted molar refractivity (Wildman–Crippen MR) is 32.9 cm³/mol. The van der Waals surface area contributed by atoms with Crippen molar-refractivity contribution in [3.8, 4) is 0 Å². The largest absolute Gasteiger partial charge is 0.271 e. The van der Waals surface area contributed by atoms with E-state index in [1.807, 2.05) is 6.92 Å². The highest BCUT2D eigenvalue weighted by molar-refractivity contribution is 5.54. The second kappa shape index (κ2) is 5.08. The van der Waals surface area contributed by atoms with E-state index < -0.39 is 0 Å². The number of aliphatic imine (C=N–C) groups is 2. The van der Waals surface area contributed by atoms with Gasteiger partial charge in [0, 0.05) is 18.6 Å². The van der Waals surface area contributed by atoms with Crippen molar-refractivity contribution in [1.29, 1.82) is 0 Å². The fourth-order valence-corrected chi connectivity index (χ4v) is 0.172. The standard InChI is InChI=1S/C5H8N2/c1-3-7-5-4-6-2/h3-5H,2H2,1H3/b5-4-,7-3?. The fourth-order valence-electron chi connectivity index (χ4n) is 0.172. The van der Waals surface area contributed by atoms with Crippen LogP contribution in [0.3, 0.4) is 0 Å². The Balaban J connectivity index is 3.27. The lowest BCUT2D eigenvalue weighted by atomic mass is 10.8. The van der Waals surface area contributed by atoms with E-state index in [4.69, 9.17) is 0 Å². The highest BCUT2D eigenvalue weighted by atomic mass is 14.7. The molecule has 0 saturated carbocycles. The Labute approximate surface area is 43.3 Å². The van der Waals surface area contributed by atoms with Gasteiger partial charge in [-0.25, -0.2) is 0 Å². The van der Waals surface area contributed by atoms with Crippen LogP contribution in [0.5, 0.6) is 0 Å². The Morgan fingerprint density at radius 2 is 2.14 bits per heavy atom. The maximum Gasteiger partial charge on any atom is 0.0446 e. The predicted octanol–water partition coefficient (Wildman–Crippen LogP) is 1.25. The minimum atomic E-state index is 1.53. The number of nitrogens with zero attached hydrogens (tertiary/aromatic N) is 2. The first-order valence-electron chi connectivity index (χ1n) is 2.00. The van der Waals surface area contributed by atoms with Crippen molar-refractivity contribution < 1.29 is 0 Å². The molecule has 38 valence electrons. The van der Waals surface area contributed by atoms with Gasteiger partial charge in [-0.15, -0.1) is 0 Å². The smallest absolute Gasteiger partial charge is 0.0446 e. The summed E-state index contributed by atoms with van der Waals surface area (Å²) in [6, 6.07) is 0. The molecule has 0 heterocycles. The van der Waals surface area contributed by atoms with Crippen LogP contribution in [0.15, 0.2) is 22.4 Å². The molecule has 0 radical (unpaired) electrons. The lowest BCUT2D eigenvalue weighted by molar-refractivity contribution is 1.49. The van der Waals surface area contributed by atoms with Crippen molar-refractivity contribution in [2.75, 3.05) is 0 Å². The van der Waals surface area contributed by atoms with Crippen LogP contribution in [0.1, 0.15) is 6.92 Å². The SMILES string of the molecule is C=N/C=C\N=CC. The lowest BCUT2D eigenvalue weighted by Crippen LogP contribution is -1.51. The highest BCUT2D eigenvalue weighted by Gasteiger charge is 1.52. The molecule has 0 atom stereocenters. The molecule has 0 aliphatic carbocycles. The molecule has 0 aliphatic heterocycles. The van der Waals surface area contributed by atoms with Crippen molar-refractivity contribution in [2.24, 2.45) is 9.98 Å². The third-order valence-electron chi connectivity index (χ3n) is 0.407. The molecular formula is C5H8N2. The molecule has 0 saturated heterocycles. The highest BCUT2D eigenvalue weighted by Crippen LogP contribution is 1.70. The van der Waals surface area contributed by atoms with Crippen molar-refractivity contribution in [2.45, 2.75) is 6.92 Å². The maximum absolute atomic E-state index is 3.72. The summed E-state index contributed by atoms with van der Waals surface area (Å²) in [5, 5.41) is 0. The second-order valence-corrected chi connectivity index (χ2v) is 0.888. The zero-order chi connectivity index (χ0) is 5.54. The van der Waals surface area contributed by atoms with Crippen LogP contribution in [0.2, 0.25) is 0 Å². The van der Waals surface area contributed by atoms with E-state index >= 15 is 0 Å². The summed E-state index contributed by atoms with van der Waals surface area (Å²) < 4.78 is 0. The van der Waals surface area contributed by atoms with Crippen molar-refractivity contribution in [3.63, 3.8) is 0 Å². The van der Waals surface area contributed by atoms with E-state index in [1.165, 1.54) is 6.20 Å². The molecule has 0 spiro atoms. The third-order valence-corrected chi connectivity index (χ3v) is 0.407. The molecule has 0 unspecified atom stereocenters. The van der Waals surface area contributed by atoms with Gasteiger partial charge in [0.25, 0.3) is 0 Å². The Hall–Kier alpha value is -0.920. The van der Waals surface area contributed by atoms with E-state index in [0.717, 1.165) is 0 Å². The van der Waals surface area contributed by atoms with Crippen LogP contribution < -0.4 is 0 Å². The van der Waals surface area contributed by atoms with Gasteiger partial charge < -0.3 is 0 Å². The molecule has 2 nitrogen and oxygen atoms in total. The molecule has 2 heteroatoms. The zero-order valence-electron chi connectivity index (χ0n) is 4.33. The second-order valence-electron chi connectivity index (χ2n) is 0.888. The number of hydrogen-bond donors (Lipinski definition) is 0. The minimum absolute atomic E-state index is 1.53. The number of rotatable bonds is 2. The van der Waals surface area contributed by atoms with Crippen molar-refractivity contribution in [1.82, 2.24) is 0 Å². The molecule has 0 bridgehead atoms. The van der Waals surface area contributed by atoms with Crippen LogP contribution in [-0.4, -0.2) is 12.9 Å².